The van der Waals surface area contributed by atoms with Gasteiger partial charge in [0.15, 0.2) is 0 Å². The van der Waals surface area contributed by atoms with Crippen molar-refractivity contribution < 1.29 is 9.90 Å². The SMILES string of the molecule is CC(c1nc2ccccc2s1)N(C)CCCC(=O)O. The summed E-state index contributed by atoms with van der Waals surface area (Å²) in [5.74, 6) is -0.735. The van der Waals surface area contributed by atoms with Crippen molar-refractivity contribution in [2.75, 3.05) is 13.6 Å². The van der Waals surface area contributed by atoms with Crippen LogP contribution in [0.1, 0.15) is 30.8 Å². The second-order valence-electron chi connectivity index (χ2n) is 4.67. The molecule has 0 saturated heterocycles. The Balaban J connectivity index is 2.01. The topological polar surface area (TPSA) is 53.4 Å². The van der Waals surface area contributed by atoms with Gasteiger partial charge < -0.3 is 5.11 Å². The summed E-state index contributed by atoms with van der Waals surface area (Å²) in [7, 11) is 2.01. The smallest absolute Gasteiger partial charge is 0.303 e. The van der Waals surface area contributed by atoms with Crippen molar-refractivity contribution in [1.82, 2.24) is 9.88 Å². The number of benzene rings is 1. The molecule has 1 aromatic carbocycles. The van der Waals surface area contributed by atoms with Crippen LogP contribution in [0.4, 0.5) is 0 Å². The molecule has 0 amide bonds. The van der Waals surface area contributed by atoms with Crippen LogP contribution in [0.2, 0.25) is 0 Å². The highest BCUT2D eigenvalue weighted by atomic mass is 32.1. The van der Waals surface area contributed by atoms with Crippen LogP contribution in [0.15, 0.2) is 24.3 Å². The van der Waals surface area contributed by atoms with Gasteiger partial charge in [0.05, 0.1) is 16.3 Å². The monoisotopic (exact) mass is 278 g/mol. The molecule has 0 fully saturated rings. The van der Waals surface area contributed by atoms with Crippen molar-refractivity contribution in [3.05, 3.63) is 29.3 Å². The number of nitrogens with zero attached hydrogens (tertiary/aromatic N) is 2. The predicted molar refractivity (Wildman–Crippen MR) is 77.5 cm³/mol. The Morgan fingerprint density at radius 2 is 2.21 bits per heavy atom. The highest BCUT2D eigenvalue weighted by Gasteiger charge is 2.16. The van der Waals surface area contributed by atoms with E-state index < -0.39 is 5.97 Å². The van der Waals surface area contributed by atoms with Crippen LogP contribution < -0.4 is 0 Å². The molecule has 1 aromatic heterocycles. The quantitative estimate of drug-likeness (QED) is 0.882. The van der Waals surface area contributed by atoms with Crippen molar-refractivity contribution in [3.8, 4) is 0 Å². The maximum atomic E-state index is 10.5. The Morgan fingerprint density at radius 3 is 2.89 bits per heavy atom. The highest BCUT2D eigenvalue weighted by molar-refractivity contribution is 7.18. The Bertz CT molecular complexity index is 534. The fourth-order valence-electron chi connectivity index (χ4n) is 1.93. The van der Waals surface area contributed by atoms with Gasteiger partial charge in [-0.1, -0.05) is 12.1 Å². The van der Waals surface area contributed by atoms with Crippen LogP contribution in [0.25, 0.3) is 10.2 Å². The van der Waals surface area contributed by atoms with Gasteiger partial charge in [-0.15, -0.1) is 11.3 Å². The summed E-state index contributed by atoms with van der Waals surface area (Å²) in [5.41, 5.74) is 1.04. The van der Waals surface area contributed by atoms with E-state index in [1.807, 2.05) is 25.2 Å². The lowest BCUT2D eigenvalue weighted by Gasteiger charge is -2.22. The number of rotatable bonds is 6. The molecule has 1 unspecified atom stereocenters. The summed E-state index contributed by atoms with van der Waals surface area (Å²) in [4.78, 5) is 17.3. The molecular formula is C14H18N2O2S. The number of carboxylic acid groups (broad SMARTS) is 1. The van der Waals surface area contributed by atoms with Crippen molar-refractivity contribution in [1.29, 1.82) is 0 Å². The number of aliphatic carboxylic acids is 1. The number of hydrogen-bond donors (Lipinski definition) is 1. The van der Waals surface area contributed by atoms with Gasteiger partial charge in [-0.05, 0) is 39.1 Å². The van der Waals surface area contributed by atoms with Crippen LogP contribution in [0, 0.1) is 0 Å². The first kappa shape index (κ1) is 14.0. The molecular weight excluding hydrogens is 260 g/mol. The average molecular weight is 278 g/mol. The Hall–Kier alpha value is -1.46. The summed E-state index contributed by atoms with van der Waals surface area (Å²) in [6.07, 6.45) is 0.887. The molecule has 5 heteroatoms. The Morgan fingerprint density at radius 1 is 1.47 bits per heavy atom. The second kappa shape index (κ2) is 6.12. The molecule has 1 heterocycles. The molecule has 0 bridgehead atoms. The van der Waals surface area contributed by atoms with E-state index in [4.69, 9.17) is 5.11 Å². The van der Waals surface area contributed by atoms with Gasteiger partial charge in [0, 0.05) is 6.42 Å². The summed E-state index contributed by atoms with van der Waals surface area (Å²) in [5, 5.41) is 9.73. The third-order valence-electron chi connectivity index (χ3n) is 3.23. The molecule has 0 aliphatic heterocycles. The molecule has 1 N–H and O–H groups in total. The van der Waals surface area contributed by atoms with Crippen molar-refractivity contribution >= 4 is 27.5 Å². The van der Waals surface area contributed by atoms with E-state index >= 15 is 0 Å². The van der Waals surface area contributed by atoms with Crippen LogP contribution in [-0.2, 0) is 4.79 Å². The maximum Gasteiger partial charge on any atom is 0.303 e. The lowest BCUT2D eigenvalue weighted by atomic mass is 10.2. The summed E-state index contributed by atoms with van der Waals surface area (Å²) < 4.78 is 1.20. The first-order valence-electron chi connectivity index (χ1n) is 6.35. The summed E-state index contributed by atoms with van der Waals surface area (Å²) in [6.45, 7) is 2.88. The minimum absolute atomic E-state index is 0.214. The van der Waals surface area contributed by atoms with Gasteiger partial charge >= 0.3 is 5.97 Å². The highest BCUT2D eigenvalue weighted by Crippen LogP contribution is 2.28. The third kappa shape index (κ3) is 3.52. The van der Waals surface area contributed by atoms with E-state index in [1.54, 1.807) is 11.3 Å². The van der Waals surface area contributed by atoms with Gasteiger partial charge in [-0.25, -0.2) is 4.98 Å². The van der Waals surface area contributed by atoms with E-state index in [-0.39, 0.29) is 12.5 Å². The van der Waals surface area contributed by atoms with Crippen LogP contribution >= 0.6 is 11.3 Å². The van der Waals surface area contributed by atoms with Crippen LogP contribution in [-0.4, -0.2) is 34.6 Å². The van der Waals surface area contributed by atoms with E-state index in [2.05, 4.69) is 22.9 Å². The normalized spacial score (nSPS) is 13.0. The third-order valence-corrected chi connectivity index (χ3v) is 4.44. The molecule has 2 rings (SSSR count). The van der Waals surface area contributed by atoms with E-state index in [0.29, 0.717) is 6.42 Å². The maximum absolute atomic E-state index is 10.5. The minimum atomic E-state index is -0.735. The molecule has 0 aliphatic rings. The largest absolute Gasteiger partial charge is 0.481 e. The van der Waals surface area contributed by atoms with Crippen LogP contribution in [0.3, 0.4) is 0 Å². The van der Waals surface area contributed by atoms with Gasteiger partial charge in [0.1, 0.15) is 5.01 Å². The molecule has 4 nitrogen and oxygen atoms in total. The first-order valence-corrected chi connectivity index (χ1v) is 7.17. The molecule has 102 valence electrons. The number of carboxylic acids is 1. The lowest BCUT2D eigenvalue weighted by Crippen LogP contribution is -2.23. The van der Waals surface area contributed by atoms with Gasteiger partial charge in [0.25, 0.3) is 0 Å². The molecule has 2 aromatic rings. The fraction of sp³-hybridized carbons (Fsp3) is 0.429. The zero-order chi connectivity index (χ0) is 13.8. The molecule has 0 saturated carbocycles. The lowest BCUT2D eigenvalue weighted by molar-refractivity contribution is -0.137. The van der Waals surface area contributed by atoms with Gasteiger partial charge in [-0.3, -0.25) is 9.69 Å². The molecule has 0 spiro atoms. The average Bonchev–Trinajstić information content (AvgIpc) is 2.80. The van der Waals surface area contributed by atoms with Crippen molar-refractivity contribution in [2.45, 2.75) is 25.8 Å². The zero-order valence-electron chi connectivity index (χ0n) is 11.2. The van der Waals surface area contributed by atoms with Crippen molar-refractivity contribution in [2.24, 2.45) is 0 Å². The number of thiazole rings is 1. The molecule has 1 atom stereocenters. The number of fused-ring (bicyclic) bond motifs is 1. The number of para-hydroxylation sites is 1. The van der Waals surface area contributed by atoms with Crippen LogP contribution in [0.5, 0.6) is 0 Å². The zero-order valence-corrected chi connectivity index (χ0v) is 12.0. The summed E-state index contributed by atoms with van der Waals surface area (Å²) in [6, 6.07) is 8.32. The van der Waals surface area contributed by atoms with E-state index in [0.717, 1.165) is 17.1 Å². The number of aromatic nitrogens is 1. The number of carbonyl (C=O) groups is 1. The minimum Gasteiger partial charge on any atom is -0.481 e. The number of hydrogen-bond acceptors (Lipinski definition) is 4. The Labute approximate surface area is 116 Å². The summed E-state index contributed by atoms with van der Waals surface area (Å²) >= 11 is 1.70. The molecule has 0 aliphatic carbocycles. The second-order valence-corrected chi connectivity index (χ2v) is 5.74. The molecule has 19 heavy (non-hydrogen) atoms. The van der Waals surface area contributed by atoms with E-state index in [1.165, 1.54) is 4.70 Å². The van der Waals surface area contributed by atoms with Gasteiger partial charge in [0.2, 0.25) is 0 Å². The first-order chi connectivity index (χ1) is 9.08. The van der Waals surface area contributed by atoms with Crippen molar-refractivity contribution in [3.63, 3.8) is 0 Å². The van der Waals surface area contributed by atoms with E-state index in [9.17, 15) is 4.79 Å². The Kier molecular flexibility index (Phi) is 4.50. The van der Waals surface area contributed by atoms with Gasteiger partial charge in [-0.2, -0.15) is 0 Å². The predicted octanol–water partition coefficient (Wildman–Crippen LogP) is 3.15. The fourth-order valence-corrected chi connectivity index (χ4v) is 3.02. The standard InChI is InChI=1S/C14H18N2O2S/c1-10(16(2)9-5-8-13(17)18)14-15-11-6-3-4-7-12(11)19-14/h3-4,6-7,10H,5,8-9H2,1-2H3,(H,17,18). The molecule has 0 radical (unpaired) electrons.